The van der Waals surface area contributed by atoms with Gasteiger partial charge in [0.2, 0.25) is 0 Å². The summed E-state index contributed by atoms with van der Waals surface area (Å²) in [5, 5.41) is 0. The van der Waals surface area contributed by atoms with Crippen LogP contribution in [0.1, 0.15) is 32.7 Å². The molecule has 114 valence electrons. The highest BCUT2D eigenvalue weighted by molar-refractivity contribution is 6.13. The third-order valence-electron chi connectivity index (χ3n) is 3.66. The molecule has 0 N–H and O–H groups in total. The molecule has 3 heteroatoms. The van der Waals surface area contributed by atoms with Crippen molar-refractivity contribution in [2.75, 3.05) is 21.1 Å². The zero-order valence-electron chi connectivity index (χ0n) is 13.6. The molecule has 0 spiro atoms. The second-order valence-electron chi connectivity index (χ2n) is 6.45. The molecule has 2 aromatic carbocycles. The van der Waals surface area contributed by atoms with Gasteiger partial charge in [0.25, 0.3) is 0 Å². The highest BCUT2D eigenvalue weighted by Crippen LogP contribution is 2.18. The van der Waals surface area contributed by atoms with E-state index in [2.05, 4.69) is 21.1 Å². The SMILES string of the molecule is Cc1ccc(C(=O)CC(=O)c2ccc([N+](C)(C)C)cc2)cc1. The number of hydrogen-bond donors (Lipinski definition) is 0. The van der Waals surface area contributed by atoms with Crippen LogP contribution >= 0.6 is 0 Å². The molecular formula is C19H22NO2+. The molecule has 0 atom stereocenters. The fraction of sp³-hybridized carbons (Fsp3) is 0.263. The first-order valence-electron chi connectivity index (χ1n) is 7.32. The zero-order chi connectivity index (χ0) is 16.3. The highest BCUT2D eigenvalue weighted by atomic mass is 16.1. The summed E-state index contributed by atoms with van der Waals surface area (Å²) < 4.78 is 0.691. The lowest BCUT2D eigenvalue weighted by molar-refractivity contribution is 0.0894. The van der Waals surface area contributed by atoms with Gasteiger partial charge in [-0.25, -0.2) is 0 Å². The molecule has 0 radical (unpaired) electrons. The van der Waals surface area contributed by atoms with Gasteiger partial charge < -0.3 is 0 Å². The van der Waals surface area contributed by atoms with Gasteiger partial charge in [0.15, 0.2) is 11.6 Å². The summed E-state index contributed by atoms with van der Waals surface area (Å²) in [4.78, 5) is 24.4. The van der Waals surface area contributed by atoms with Crippen LogP contribution in [-0.4, -0.2) is 32.7 Å². The number of hydrogen-bond acceptors (Lipinski definition) is 2. The minimum atomic E-state index is -0.140. The van der Waals surface area contributed by atoms with Crippen LogP contribution in [0.2, 0.25) is 0 Å². The topological polar surface area (TPSA) is 34.1 Å². The van der Waals surface area contributed by atoms with E-state index in [0.29, 0.717) is 15.6 Å². The number of carbonyl (C=O) groups is 2. The van der Waals surface area contributed by atoms with Gasteiger partial charge in [-0.05, 0) is 31.2 Å². The quantitative estimate of drug-likeness (QED) is 0.479. The molecule has 0 aliphatic carbocycles. The number of Topliss-reactive ketones (excluding diaryl/α,β-unsaturated/α-hetero) is 2. The van der Waals surface area contributed by atoms with Gasteiger partial charge in [-0.2, -0.15) is 0 Å². The van der Waals surface area contributed by atoms with Crippen molar-refractivity contribution in [2.24, 2.45) is 0 Å². The third kappa shape index (κ3) is 3.89. The van der Waals surface area contributed by atoms with E-state index in [0.717, 1.165) is 11.3 Å². The molecule has 2 aromatic rings. The van der Waals surface area contributed by atoms with Crippen LogP contribution < -0.4 is 4.48 Å². The number of benzene rings is 2. The maximum Gasteiger partial charge on any atom is 0.170 e. The molecular weight excluding hydrogens is 274 g/mol. The van der Waals surface area contributed by atoms with Crippen molar-refractivity contribution in [3.05, 3.63) is 65.2 Å². The summed E-state index contributed by atoms with van der Waals surface area (Å²) >= 11 is 0. The van der Waals surface area contributed by atoms with Gasteiger partial charge in [0, 0.05) is 11.1 Å². The summed E-state index contributed by atoms with van der Waals surface area (Å²) in [5.74, 6) is -0.279. The molecule has 0 aliphatic rings. The van der Waals surface area contributed by atoms with E-state index in [1.807, 2.05) is 31.2 Å². The number of carbonyl (C=O) groups excluding carboxylic acids is 2. The first kappa shape index (κ1) is 16.1. The summed E-state index contributed by atoms with van der Waals surface area (Å²) in [7, 11) is 6.20. The summed E-state index contributed by atoms with van der Waals surface area (Å²) in [6.07, 6.45) is -0.0905. The monoisotopic (exact) mass is 296 g/mol. The molecule has 0 saturated heterocycles. The first-order chi connectivity index (χ1) is 10.3. The molecule has 2 rings (SSSR count). The van der Waals surface area contributed by atoms with Crippen LogP contribution in [0.25, 0.3) is 0 Å². The average molecular weight is 296 g/mol. The van der Waals surface area contributed by atoms with Gasteiger partial charge in [0.1, 0.15) is 5.69 Å². The smallest absolute Gasteiger partial charge is 0.170 e. The highest BCUT2D eigenvalue weighted by Gasteiger charge is 2.16. The normalized spacial score (nSPS) is 11.3. The van der Waals surface area contributed by atoms with Crippen LogP contribution in [0.5, 0.6) is 0 Å². The van der Waals surface area contributed by atoms with Crippen molar-refractivity contribution >= 4 is 17.3 Å². The maximum absolute atomic E-state index is 12.2. The number of nitrogens with zero attached hydrogens (tertiary/aromatic N) is 1. The summed E-state index contributed by atoms with van der Waals surface area (Å²) in [6, 6.07) is 14.8. The van der Waals surface area contributed by atoms with E-state index >= 15 is 0 Å². The number of aryl methyl sites for hydroxylation is 1. The molecule has 22 heavy (non-hydrogen) atoms. The van der Waals surface area contributed by atoms with E-state index in [9.17, 15) is 9.59 Å². The van der Waals surface area contributed by atoms with Crippen molar-refractivity contribution < 1.29 is 9.59 Å². The van der Waals surface area contributed by atoms with Gasteiger partial charge in [-0.1, -0.05) is 29.8 Å². The number of ketones is 2. The molecule has 0 saturated carbocycles. The van der Waals surface area contributed by atoms with Gasteiger partial charge >= 0.3 is 0 Å². The Morgan fingerprint density at radius 3 is 1.59 bits per heavy atom. The summed E-state index contributed by atoms with van der Waals surface area (Å²) in [6.45, 7) is 1.97. The molecule has 0 fully saturated rings. The number of quaternary nitrogens is 1. The second kappa shape index (κ2) is 6.24. The Balaban J connectivity index is 2.09. The van der Waals surface area contributed by atoms with Crippen LogP contribution in [-0.2, 0) is 0 Å². The third-order valence-corrected chi connectivity index (χ3v) is 3.66. The Labute approximate surface area is 131 Å². The average Bonchev–Trinajstić information content (AvgIpc) is 2.47. The van der Waals surface area contributed by atoms with E-state index < -0.39 is 0 Å². The molecule has 0 bridgehead atoms. The van der Waals surface area contributed by atoms with Gasteiger partial charge in [-0.3, -0.25) is 14.1 Å². The molecule has 0 aromatic heterocycles. The Bertz CT molecular complexity index is 677. The van der Waals surface area contributed by atoms with E-state index in [4.69, 9.17) is 0 Å². The van der Waals surface area contributed by atoms with Crippen LogP contribution in [0.15, 0.2) is 48.5 Å². The van der Waals surface area contributed by atoms with Crippen molar-refractivity contribution in [1.29, 1.82) is 0 Å². The Morgan fingerprint density at radius 1 is 0.773 bits per heavy atom. The fourth-order valence-corrected chi connectivity index (χ4v) is 2.18. The standard InChI is InChI=1S/C19H22NO2/c1-14-5-7-15(8-6-14)18(21)13-19(22)16-9-11-17(12-10-16)20(2,3)4/h5-12H,13H2,1-4H3/q+1. The first-order valence-corrected chi connectivity index (χ1v) is 7.32. The lowest BCUT2D eigenvalue weighted by Gasteiger charge is -2.23. The molecule has 0 aliphatic heterocycles. The van der Waals surface area contributed by atoms with Crippen molar-refractivity contribution in [3.63, 3.8) is 0 Å². The van der Waals surface area contributed by atoms with Crippen LogP contribution in [0.3, 0.4) is 0 Å². The lowest BCUT2D eigenvalue weighted by Crippen LogP contribution is -2.34. The van der Waals surface area contributed by atoms with Gasteiger partial charge in [-0.15, -0.1) is 0 Å². The minimum absolute atomic E-state index is 0.0905. The van der Waals surface area contributed by atoms with Crippen molar-refractivity contribution in [2.45, 2.75) is 13.3 Å². The zero-order valence-corrected chi connectivity index (χ0v) is 13.6. The Hall–Kier alpha value is -2.26. The van der Waals surface area contributed by atoms with E-state index in [1.54, 1.807) is 24.3 Å². The number of rotatable bonds is 5. The minimum Gasteiger partial charge on any atom is -0.298 e. The molecule has 3 nitrogen and oxygen atoms in total. The molecule has 0 unspecified atom stereocenters. The predicted molar refractivity (Wildman–Crippen MR) is 90.5 cm³/mol. The van der Waals surface area contributed by atoms with Gasteiger partial charge in [0.05, 0.1) is 27.6 Å². The molecule has 0 amide bonds. The largest absolute Gasteiger partial charge is 0.298 e. The lowest BCUT2D eigenvalue weighted by atomic mass is 10.0. The fourth-order valence-electron chi connectivity index (χ4n) is 2.18. The maximum atomic E-state index is 12.2. The van der Waals surface area contributed by atoms with Crippen LogP contribution in [0, 0.1) is 6.92 Å². The predicted octanol–water partition coefficient (Wildman–Crippen LogP) is 3.65. The summed E-state index contributed by atoms with van der Waals surface area (Å²) in [5.41, 5.74) is 3.37. The van der Waals surface area contributed by atoms with Crippen LogP contribution in [0.4, 0.5) is 5.69 Å². The molecule has 0 heterocycles. The van der Waals surface area contributed by atoms with Crippen molar-refractivity contribution in [1.82, 2.24) is 4.48 Å². The van der Waals surface area contributed by atoms with Crippen molar-refractivity contribution in [3.8, 4) is 0 Å². The second-order valence-corrected chi connectivity index (χ2v) is 6.45. The Kier molecular flexibility index (Phi) is 4.57. The van der Waals surface area contributed by atoms with E-state index in [-0.39, 0.29) is 18.0 Å². The Morgan fingerprint density at radius 2 is 1.18 bits per heavy atom. The van der Waals surface area contributed by atoms with E-state index in [1.165, 1.54) is 0 Å².